The molecule has 27 heavy (non-hydrogen) atoms. The topological polar surface area (TPSA) is 28.4 Å². The average Bonchev–Trinajstić information content (AvgIpc) is 2.99. The van der Waals surface area contributed by atoms with Crippen LogP contribution in [-0.4, -0.2) is 33.8 Å². The van der Waals surface area contributed by atoms with Crippen molar-refractivity contribution in [3.63, 3.8) is 0 Å². The molecule has 2 atom stereocenters. The number of rotatable bonds is 4. The Labute approximate surface area is 161 Å². The van der Waals surface area contributed by atoms with Gasteiger partial charge in [-0.1, -0.05) is 42.0 Å². The third kappa shape index (κ3) is 2.99. The van der Waals surface area contributed by atoms with Crippen molar-refractivity contribution in [1.29, 1.82) is 0 Å². The summed E-state index contributed by atoms with van der Waals surface area (Å²) >= 11 is 0. The van der Waals surface area contributed by atoms with Gasteiger partial charge in [0.05, 0.1) is 12.1 Å². The van der Waals surface area contributed by atoms with Gasteiger partial charge >= 0.3 is 0 Å². The predicted octanol–water partition coefficient (Wildman–Crippen LogP) is 4.25. The number of fused-ring (bicyclic) bond motifs is 3. The number of aryl methyl sites for hydroxylation is 2. The second-order valence-corrected chi connectivity index (χ2v) is 8.28. The summed E-state index contributed by atoms with van der Waals surface area (Å²) in [6.45, 7) is 5.01. The smallest absolute Gasteiger partial charge is 0.0707 e. The number of aliphatic hydroxyl groups is 1. The van der Waals surface area contributed by atoms with Crippen molar-refractivity contribution in [2.45, 2.75) is 51.3 Å². The molecule has 1 N–H and O–H groups in total. The molecule has 0 bridgehead atoms. The zero-order chi connectivity index (χ0) is 18.4. The molecule has 1 aromatic heterocycles. The van der Waals surface area contributed by atoms with E-state index >= 15 is 0 Å². The summed E-state index contributed by atoms with van der Waals surface area (Å²) < 4.78 is 2.56. The summed E-state index contributed by atoms with van der Waals surface area (Å²) in [5.41, 5.74) is 7.06. The van der Waals surface area contributed by atoms with Crippen molar-refractivity contribution in [3.05, 3.63) is 70.9 Å². The minimum absolute atomic E-state index is 0.309. The van der Waals surface area contributed by atoms with Gasteiger partial charge in [-0.25, -0.2) is 0 Å². The van der Waals surface area contributed by atoms with Crippen LogP contribution in [0.2, 0.25) is 0 Å². The highest BCUT2D eigenvalue weighted by Crippen LogP contribution is 2.42. The standard InChI is InChI=1S/C24H28N2O/c1-17-10-11-22-21(14-17)20-8-5-9-23-24(20)26(22)13-12-25(23)16-19(27)15-18-6-3-2-4-7-18/h2-4,6-7,10-11,14,19,23,27H,5,8-9,12-13,15-16H2,1H3/t19-,23+/m0/s1. The van der Waals surface area contributed by atoms with Crippen molar-refractivity contribution < 1.29 is 5.11 Å². The minimum Gasteiger partial charge on any atom is -0.391 e. The van der Waals surface area contributed by atoms with Gasteiger partial charge in [0.15, 0.2) is 0 Å². The largest absolute Gasteiger partial charge is 0.391 e. The zero-order valence-corrected chi connectivity index (χ0v) is 16.1. The highest BCUT2D eigenvalue weighted by Gasteiger charge is 2.35. The maximum absolute atomic E-state index is 10.7. The molecule has 2 aliphatic rings. The van der Waals surface area contributed by atoms with Crippen LogP contribution in [0.15, 0.2) is 48.5 Å². The van der Waals surface area contributed by atoms with Gasteiger partial charge in [0, 0.05) is 36.2 Å². The Bertz CT molecular complexity index is 959. The first-order chi connectivity index (χ1) is 13.2. The van der Waals surface area contributed by atoms with Crippen molar-refractivity contribution in [1.82, 2.24) is 9.47 Å². The molecule has 0 unspecified atom stereocenters. The number of hydrogen-bond acceptors (Lipinski definition) is 2. The monoisotopic (exact) mass is 360 g/mol. The molecule has 0 radical (unpaired) electrons. The molecular weight excluding hydrogens is 332 g/mol. The van der Waals surface area contributed by atoms with Gasteiger partial charge in [-0.15, -0.1) is 0 Å². The fraction of sp³-hybridized carbons (Fsp3) is 0.417. The lowest BCUT2D eigenvalue weighted by Gasteiger charge is -2.40. The number of nitrogens with zero attached hydrogens (tertiary/aromatic N) is 2. The lowest BCUT2D eigenvalue weighted by atomic mass is 9.89. The van der Waals surface area contributed by atoms with Crippen LogP contribution in [0.1, 0.15) is 41.3 Å². The first-order valence-corrected chi connectivity index (χ1v) is 10.3. The van der Waals surface area contributed by atoms with E-state index < -0.39 is 0 Å². The van der Waals surface area contributed by atoms with E-state index in [2.05, 4.69) is 58.9 Å². The molecule has 0 fully saturated rings. The van der Waals surface area contributed by atoms with Crippen molar-refractivity contribution in [3.8, 4) is 0 Å². The molecule has 140 valence electrons. The Morgan fingerprint density at radius 1 is 1.11 bits per heavy atom. The summed E-state index contributed by atoms with van der Waals surface area (Å²) in [5, 5.41) is 12.2. The number of aromatic nitrogens is 1. The fourth-order valence-electron chi connectivity index (χ4n) is 5.23. The van der Waals surface area contributed by atoms with Gasteiger partial charge < -0.3 is 9.67 Å². The summed E-state index contributed by atoms with van der Waals surface area (Å²) in [5.74, 6) is 0. The molecule has 1 aliphatic heterocycles. The van der Waals surface area contributed by atoms with E-state index in [0.29, 0.717) is 6.04 Å². The van der Waals surface area contributed by atoms with E-state index in [1.807, 2.05) is 6.07 Å². The lowest BCUT2D eigenvalue weighted by Crippen LogP contribution is -2.43. The Hall–Kier alpha value is -2.10. The first kappa shape index (κ1) is 17.0. The Kier molecular flexibility index (Phi) is 4.30. The molecule has 3 aromatic rings. The van der Waals surface area contributed by atoms with Crippen LogP contribution < -0.4 is 0 Å². The summed E-state index contributed by atoms with van der Waals surface area (Å²) in [6, 6.07) is 17.7. The fourth-order valence-corrected chi connectivity index (χ4v) is 5.23. The second-order valence-electron chi connectivity index (χ2n) is 8.28. The third-order valence-corrected chi connectivity index (χ3v) is 6.40. The normalized spacial score (nSPS) is 20.6. The number of aliphatic hydroxyl groups excluding tert-OH is 1. The van der Waals surface area contributed by atoms with Gasteiger partial charge in [0.1, 0.15) is 0 Å². The van der Waals surface area contributed by atoms with Gasteiger partial charge in [0.2, 0.25) is 0 Å². The SMILES string of the molecule is Cc1ccc2c(c1)c1c3n2CCN(C[C@@H](O)Cc2ccccc2)[C@@H]3CCC1. The Morgan fingerprint density at radius 3 is 2.81 bits per heavy atom. The van der Waals surface area contributed by atoms with Crippen molar-refractivity contribution in [2.24, 2.45) is 0 Å². The van der Waals surface area contributed by atoms with Gasteiger partial charge in [-0.2, -0.15) is 0 Å². The summed E-state index contributed by atoms with van der Waals surface area (Å²) in [4.78, 5) is 2.54. The molecule has 0 spiro atoms. The summed E-state index contributed by atoms with van der Waals surface area (Å²) in [6.07, 6.45) is 4.07. The molecule has 5 rings (SSSR count). The van der Waals surface area contributed by atoms with E-state index in [4.69, 9.17) is 0 Å². The van der Waals surface area contributed by atoms with Crippen molar-refractivity contribution in [2.75, 3.05) is 13.1 Å². The molecule has 1 aliphatic carbocycles. The van der Waals surface area contributed by atoms with Crippen LogP contribution in [0.4, 0.5) is 0 Å². The highest BCUT2D eigenvalue weighted by atomic mass is 16.3. The second kappa shape index (κ2) is 6.81. The van der Waals surface area contributed by atoms with Crippen molar-refractivity contribution >= 4 is 10.9 Å². The first-order valence-electron chi connectivity index (χ1n) is 10.3. The van der Waals surface area contributed by atoms with Crippen LogP contribution in [0.5, 0.6) is 0 Å². The Morgan fingerprint density at radius 2 is 1.96 bits per heavy atom. The van der Waals surface area contributed by atoms with Gasteiger partial charge in [-0.3, -0.25) is 4.90 Å². The minimum atomic E-state index is -0.309. The van der Waals surface area contributed by atoms with Gasteiger partial charge in [0.25, 0.3) is 0 Å². The van der Waals surface area contributed by atoms with E-state index in [9.17, 15) is 5.11 Å². The maximum atomic E-state index is 10.7. The Balaban J connectivity index is 1.43. The van der Waals surface area contributed by atoms with E-state index in [1.165, 1.54) is 47.0 Å². The zero-order valence-electron chi connectivity index (χ0n) is 16.1. The van der Waals surface area contributed by atoms with Crippen LogP contribution in [0.25, 0.3) is 10.9 Å². The summed E-state index contributed by atoms with van der Waals surface area (Å²) in [7, 11) is 0. The molecule has 2 aromatic carbocycles. The maximum Gasteiger partial charge on any atom is 0.0707 e. The third-order valence-electron chi connectivity index (χ3n) is 6.40. The van der Waals surface area contributed by atoms with E-state index in [0.717, 1.165) is 26.1 Å². The molecule has 2 heterocycles. The lowest BCUT2D eigenvalue weighted by molar-refractivity contribution is 0.0644. The van der Waals surface area contributed by atoms with Gasteiger partial charge in [-0.05, 0) is 55.9 Å². The van der Waals surface area contributed by atoms with E-state index in [1.54, 1.807) is 5.56 Å². The predicted molar refractivity (Wildman–Crippen MR) is 110 cm³/mol. The number of benzene rings is 2. The molecular formula is C24H28N2O. The van der Waals surface area contributed by atoms with Crippen LogP contribution in [0, 0.1) is 6.92 Å². The van der Waals surface area contributed by atoms with Crippen LogP contribution in [0.3, 0.4) is 0 Å². The number of hydrogen-bond donors (Lipinski definition) is 1. The molecule has 0 amide bonds. The molecule has 0 saturated heterocycles. The molecule has 3 nitrogen and oxygen atoms in total. The molecule has 0 saturated carbocycles. The van der Waals surface area contributed by atoms with E-state index in [-0.39, 0.29) is 6.10 Å². The highest BCUT2D eigenvalue weighted by molar-refractivity contribution is 5.87. The average molecular weight is 361 g/mol. The molecule has 3 heteroatoms. The van der Waals surface area contributed by atoms with Crippen LogP contribution in [-0.2, 0) is 19.4 Å². The number of β-amino-alcohol motifs (C(OH)–C–C–N with tert-alkyl or cyclic N) is 1. The van der Waals surface area contributed by atoms with Crippen LogP contribution >= 0.6 is 0 Å². The quantitative estimate of drug-likeness (QED) is 0.753.